The first-order valence-electron chi connectivity index (χ1n) is 8.08. The summed E-state index contributed by atoms with van der Waals surface area (Å²) in [4.78, 5) is 13.5. The van der Waals surface area contributed by atoms with Crippen LogP contribution in [0.3, 0.4) is 0 Å². The van der Waals surface area contributed by atoms with Crippen molar-refractivity contribution in [3.8, 4) is 0 Å². The minimum absolute atomic E-state index is 0.0159. The van der Waals surface area contributed by atoms with Crippen LogP contribution in [0.25, 0.3) is 0 Å². The van der Waals surface area contributed by atoms with Gasteiger partial charge in [-0.1, -0.05) is 42.5 Å². The molecule has 1 amide bonds. The molecule has 2 rings (SSSR count). The Kier molecular flexibility index (Phi) is 6.70. The van der Waals surface area contributed by atoms with E-state index in [-0.39, 0.29) is 18.1 Å². The van der Waals surface area contributed by atoms with Gasteiger partial charge in [-0.3, -0.25) is 4.79 Å². The molecule has 0 radical (unpaired) electrons. The Labute approximate surface area is 148 Å². The third-order valence-corrected chi connectivity index (χ3v) is 5.46. The zero-order valence-corrected chi connectivity index (χ0v) is 15.0. The van der Waals surface area contributed by atoms with Crippen LogP contribution in [0.2, 0.25) is 0 Å². The third-order valence-electron chi connectivity index (χ3n) is 3.87. The molecule has 0 saturated carbocycles. The van der Waals surface area contributed by atoms with Gasteiger partial charge in [0.25, 0.3) is 0 Å². The third kappa shape index (κ3) is 6.66. The number of rotatable bonds is 8. The molecule has 0 fully saturated rings. The molecule has 25 heavy (non-hydrogen) atoms. The number of halogens is 1. The molecule has 0 aliphatic rings. The minimum atomic E-state index is -3.45. The largest absolute Gasteiger partial charge is 0.341 e. The Morgan fingerprint density at radius 3 is 2.28 bits per heavy atom. The quantitative estimate of drug-likeness (QED) is 0.725. The van der Waals surface area contributed by atoms with Gasteiger partial charge in [0.15, 0.2) is 9.84 Å². The highest BCUT2D eigenvalue weighted by molar-refractivity contribution is 7.92. The van der Waals surface area contributed by atoms with Gasteiger partial charge in [0, 0.05) is 13.6 Å². The molecule has 0 aliphatic heterocycles. The van der Waals surface area contributed by atoms with Crippen molar-refractivity contribution in [2.75, 3.05) is 18.6 Å². The van der Waals surface area contributed by atoms with Crippen molar-refractivity contribution in [3.05, 3.63) is 71.5 Å². The van der Waals surface area contributed by atoms with E-state index in [1.165, 1.54) is 17.0 Å². The zero-order valence-electron chi connectivity index (χ0n) is 14.2. The molecule has 0 saturated heterocycles. The molecule has 0 aliphatic carbocycles. The highest BCUT2D eigenvalue weighted by Gasteiger charge is 2.19. The number of carbonyl (C=O) groups excluding carboxylic acids is 1. The summed E-state index contributed by atoms with van der Waals surface area (Å²) in [6, 6.07) is 15.4. The van der Waals surface area contributed by atoms with Crippen LogP contribution in [0, 0.1) is 5.82 Å². The maximum atomic E-state index is 12.9. The van der Waals surface area contributed by atoms with Crippen molar-refractivity contribution in [1.82, 2.24) is 4.90 Å². The van der Waals surface area contributed by atoms with Crippen LogP contribution >= 0.6 is 0 Å². The molecule has 0 spiro atoms. The molecule has 0 bridgehead atoms. The Balaban J connectivity index is 1.81. The van der Waals surface area contributed by atoms with E-state index >= 15 is 0 Å². The van der Waals surface area contributed by atoms with E-state index < -0.39 is 21.5 Å². The van der Waals surface area contributed by atoms with Crippen LogP contribution in [0.1, 0.15) is 17.5 Å². The molecule has 2 aromatic carbocycles. The lowest BCUT2D eigenvalue weighted by Crippen LogP contribution is -2.33. The number of aryl methyl sites for hydroxylation is 1. The Bertz CT molecular complexity index is 789. The van der Waals surface area contributed by atoms with E-state index in [9.17, 15) is 17.6 Å². The molecule has 0 heterocycles. The van der Waals surface area contributed by atoms with Crippen LogP contribution in [-0.2, 0) is 27.6 Å². The molecule has 0 unspecified atom stereocenters. The number of nitrogens with zero attached hydrogens (tertiary/aromatic N) is 1. The summed E-state index contributed by atoms with van der Waals surface area (Å²) in [5.41, 5.74) is 1.83. The lowest BCUT2D eigenvalue weighted by atomic mass is 10.1. The molecule has 6 heteroatoms. The topological polar surface area (TPSA) is 54.5 Å². The average Bonchev–Trinajstić information content (AvgIpc) is 2.57. The predicted octanol–water partition coefficient (Wildman–Crippen LogP) is 2.83. The van der Waals surface area contributed by atoms with Crippen LogP contribution in [0.15, 0.2) is 54.6 Å². The fourth-order valence-corrected chi connectivity index (χ4v) is 3.79. The van der Waals surface area contributed by atoms with E-state index in [1.54, 1.807) is 19.2 Å². The van der Waals surface area contributed by atoms with Gasteiger partial charge in [0.1, 0.15) is 11.6 Å². The van der Waals surface area contributed by atoms with Crippen molar-refractivity contribution < 1.29 is 17.6 Å². The van der Waals surface area contributed by atoms with E-state index in [0.717, 1.165) is 11.1 Å². The Hall–Kier alpha value is -2.21. The van der Waals surface area contributed by atoms with Gasteiger partial charge in [-0.25, -0.2) is 12.8 Å². The first kappa shape index (κ1) is 19.1. The standard InChI is InChI=1S/C19H22FNO3S/c1-21(14-17-9-11-18(20)12-10-17)19(22)15-25(23,24)13-5-8-16-6-3-2-4-7-16/h2-4,6-7,9-12H,5,8,13-15H2,1H3. The second kappa shape index (κ2) is 8.76. The maximum absolute atomic E-state index is 12.9. The minimum Gasteiger partial charge on any atom is -0.341 e. The number of sulfone groups is 1. The number of hydrogen-bond acceptors (Lipinski definition) is 3. The monoisotopic (exact) mass is 363 g/mol. The Morgan fingerprint density at radius 1 is 1.00 bits per heavy atom. The summed E-state index contributed by atoms with van der Waals surface area (Å²) in [5, 5.41) is 0. The van der Waals surface area contributed by atoms with Crippen molar-refractivity contribution in [2.45, 2.75) is 19.4 Å². The van der Waals surface area contributed by atoms with E-state index in [2.05, 4.69) is 0 Å². The fourth-order valence-electron chi connectivity index (χ4n) is 2.46. The van der Waals surface area contributed by atoms with Gasteiger partial charge in [-0.05, 0) is 36.1 Å². The smallest absolute Gasteiger partial charge is 0.237 e. The van der Waals surface area contributed by atoms with Gasteiger partial charge >= 0.3 is 0 Å². The summed E-state index contributed by atoms with van der Waals surface area (Å²) < 4.78 is 37.2. The van der Waals surface area contributed by atoms with Crippen LogP contribution in [0.5, 0.6) is 0 Å². The first-order valence-corrected chi connectivity index (χ1v) is 9.90. The SMILES string of the molecule is CN(Cc1ccc(F)cc1)C(=O)CS(=O)(=O)CCCc1ccccc1. The number of hydrogen-bond donors (Lipinski definition) is 0. The summed E-state index contributed by atoms with van der Waals surface area (Å²) in [7, 11) is -1.90. The summed E-state index contributed by atoms with van der Waals surface area (Å²) in [5.74, 6) is -1.32. The second-order valence-electron chi connectivity index (χ2n) is 6.06. The van der Waals surface area contributed by atoms with Crippen molar-refractivity contribution >= 4 is 15.7 Å². The molecular formula is C19H22FNO3S. The fraction of sp³-hybridized carbons (Fsp3) is 0.316. The van der Waals surface area contributed by atoms with Crippen molar-refractivity contribution in [2.24, 2.45) is 0 Å². The summed E-state index contributed by atoms with van der Waals surface area (Å²) in [6.45, 7) is 0.249. The maximum Gasteiger partial charge on any atom is 0.237 e. The molecule has 4 nitrogen and oxygen atoms in total. The predicted molar refractivity (Wildman–Crippen MR) is 96.3 cm³/mol. The van der Waals surface area contributed by atoms with Crippen molar-refractivity contribution in [3.63, 3.8) is 0 Å². The molecule has 134 valence electrons. The molecule has 0 atom stereocenters. The summed E-state index contributed by atoms with van der Waals surface area (Å²) in [6.07, 6.45) is 1.15. The van der Waals surface area contributed by atoms with Crippen LogP contribution in [-0.4, -0.2) is 37.8 Å². The van der Waals surface area contributed by atoms with Crippen LogP contribution < -0.4 is 0 Å². The van der Waals surface area contributed by atoms with Crippen molar-refractivity contribution in [1.29, 1.82) is 0 Å². The molecular weight excluding hydrogens is 341 g/mol. The van der Waals surface area contributed by atoms with E-state index in [4.69, 9.17) is 0 Å². The number of amides is 1. The van der Waals surface area contributed by atoms with Gasteiger partial charge in [0.05, 0.1) is 5.75 Å². The first-order chi connectivity index (χ1) is 11.9. The van der Waals surface area contributed by atoms with Crippen LogP contribution in [0.4, 0.5) is 4.39 Å². The number of carbonyl (C=O) groups is 1. The molecule has 0 aromatic heterocycles. The highest BCUT2D eigenvalue weighted by atomic mass is 32.2. The average molecular weight is 363 g/mol. The Morgan fingerprint density at radius 2 is 1.64 bits per heavy atom. The zero-order chi connectivity index (χ0) is 18.3. The lowest BCUT2D eigenvalue weighted by Gasteiger charge is -2.17. The number of benzene rings is 2. The molecule has 0 N–H and O–H groups in total. The summed E-state index contributed by atoms with van der Waals surface area (Å²) >= 11 is 0. The van der Waals surface area contributed by atoms with Gasteiger partial charge in [0.2, 0.25) is 5.91 Å². The van der Waals surface area contributed by atoms with Gasteiger partial charge in [-0.15, -0.1) is 0 Å². The highest BCUT2D eigenvalue weighted by Crippen LogP contribution is 2.08. The molecule has 2 aromatic rings. The normalized spacial score (nSPS) is 11.3. The lowest BCUT2D eigenvalue weighted by molar-refractivity contribution is -0.127. The van der Waals surface area contributed by atoms with E-state index in [0.29, 0.717) is 12.8 Å². The van der Waals surface area contributed by atoms with Gasteiger partial charge in [-0.2, -0.15) is 0 Å². The van der Waals surface area contributed by atoms with Gasteiger partial charge < -0.3 is 4.90 Å². The second-order valence-corrected chi connectivity index (χ2v) is 8.24. The van der Waals surface area contributed by atoms with E-state index in [1.807, 2.05) is 30.3 Å².